The summed E-state index contributed by atoms with van der Waals surface area (Å²) in [4.78, 5) is 0. The van der Waals surface area contributed by atoms with Gasteiger partial charge in [-0.25, -0.2) is 0 Å². The Hall–Kier alpha value is -0.720. The van der Waals surface area contributed by atoms with E-state index in [1.165, 1.54) is 0 Å². The lowest BCUT2D eigenvalue weighted by molar-refractivity contribution is -0.933. The van der Waals surface area contributed by atoms with Crippen LogP contribution in [0.3, 0.4) is 0 Å². The fourth-order valence-corrected chi connectivity index (χ4v) is 2.81. The third kappa shape index (κ3) is 0.711. The first-order chi connectivity index (χ1) is 9.77. The molecule has 0 amide bonds. The Morgan fingerprint density at radius 1 is 0.500 bits per heavy atom. The van der Waals surface area contributed by atoms with E-state index in [9.17, 15) is 0 Å². The zero-order chi connectivity index (χ0) is 12.9. The highest BCUT2D eigenvalue weighted by molar-refractivity contribution is 4.70. The molecule has 7 fully saturated rings. The molecular formula is C2H10N18. The van der Waals surface area contributed by atoms with E-state index in [0.29, 0.717) is 0 Å². The van der Waals surface area contributed by atoms with Gasteiger partial charge in [0.2, 0.25) is 0 Å². The van der Waals surface area contributed by atoms with Gasteiger partial charge in [-0.05, 0) is 62.7 Å². The van der Waals surface area contributed by atoms with Crippen LogP contribution in [0.25, 0.3) is 0 Å². The second-order valence-electron chi connectivity index (χ2n) is 4.76. The molecule has 7 heterocycles. The topological polar surface area (TPSA) is 93.5 Å². The molecular weight excluding hydrogens is 276 g/mol. The van der Waals surface area contributed by atoms with E-state index < -0.39 is 0 Å². The molecule has 7 saturated heterocycles. The van der Waals surface area contributed by atoms with Crippen LogP contribution in [0.4, 0.5) is 0 Å². The summed E-state index contributed by atoms with van der Waals surface area (Å²) in [5.74, 6) is 0. The van der Waals surface area contributed by atoms with Crippen LogP contribution < -0.4 is 22.1 Å². The first-order valence-electron chi connectivity index (χ1n) is 5.89. The second kappa shape index (κ2) is 2.66. The fraction of sp³-hybridized carbons (Fsp3) is 1.00. The average molecular weight is 286 g/mol. The summed E-state index contributed by atoms with van der Waals surface area (Å²) < 4.78 is 0. The number of hydrazine groups is 24. The molecule has 0 aromatic heterocycles. The molecule has 0 radical (unpaired) electrons. The molecule has 18 heteroatoms. The minimum absolute atomic E-state index is 1.79. The van der Waals surface area contributed by atoms with Crippen molar-refractivity contribution in [3.05, 3.63) is 0 Å². The van der Waals surface area contributed by atoms with Gasteiger partial charge in [-0.3, -0.25) is 0 Å². The highest BCUT2D eigenvalue weighted by Crippen LogP contribution is 2.47. The van der Waals surface area contributed by atoms with Crippen molar-refractivity contribution in [3.8, 4) is 0 Å². The van der Waals surface area contributed by atoms with Crippen molar-refractivity contribution in [2.45, 2.75) is 0 Å². The summed E-state index contributed by atoms with van der Waals surface area (Å²) >= 11 is 0. The minimum atomic E-state index is 1.79. The molecule has 7 rings (SSSR count). The first kappa shape index (κ1) is 10.1. The highest BCUT2D eigenvalue weighted by atomic mass is 16.8. The molecule has 108 valence electrons. The van der Waals surface area contributed by atoms with Crippen LogP contribution >= 0.6 is 0 Å². The van der Waals surface area contributed by atoms with Crippen molar-refractivity contribution in [1.82, 2.24) is 95.1 Å². The van der Waals surface area contributed by atoms with Crippen LogP contribution in [0.1, 0.15) is 0 Å². The van der Waals surface area contributed by atoms with Crippen LogP contribution in [0.5, 0.6) is 0 Å². The second-order valence-corrected chi connectivity index (χ2v) is 4.76. The standard InChI is InChI=1S/C2H10N18/c1-7-5-11-14(7)19-13-6-12(17(13)20(11)19)16-8(2)15-9-3-4-10(9)18(15)16/h3-6H,1-2H3. The van der Waals surface area contributed by atoms with Crippen LogP contribution in [0.15, 0.2) is 0 Å². The fourth-order valence-electron chi connectivity index (χ4n) is 2.81. The normalized spacial score (nSPS) is 42.9. The van der Waals surface area contributed by atoms with Crippen LogP contribution in [0, 0.1) is 0 Å². The predicted octanol–water partition coefficient (Wildman–Crippen LogP) is -6.11. The van der Waals surface area contributed by atoms with Crippen LogP contribution in [-0.4, -0.2) is 87.1 Å². The first-order valence-corrected chi connectivity index (χ1v) is 5.89. The van der Waals surface area contributed by atoms with E-state index in [2.05, 4.69) is 22.1 Å². The van der Waals surface area contributed by atoms with E-state index in [1.54, 1.807) is 10.5 Å². The largest absolute Gasteiger partial charge is 0.141 e. The van der Waals surface area contributed by atoms with Crippen molar-refractivity contribution < 1.29 is 0 Å². The summed E-state index contributed by atoms with van der Waals surface area (Å²) in [6, 6.07) is 0. The van der Waals surface area contributed by atoms with Gasteiger partial charge in [-0.1, -0.05) is 0 Å². The lowest BCUT2D eigenvalue weighted by atomic mass is 11.1. The van der Waals surface area contributed by atoms with E-state index in [-0.39, 0.29) is 0 Å². The number of hydrogen-bond donors (Lipinski definition) is 4. The predicted molar refractivity (Wildman–Crippen MR) is 50.1 cm³/mol. The van der Waals surface area contributed by atoms with E-state index in [1.807, 2.05) is 76.6 Å². The molecule has 0 aromatic carbocycles. The van der Waals surface area contributed by atoms with Crippen molar-refractivity contribution in [2.24, 2.45) is 0 Å². The van der Waals surface area contributed by atoms with Crippen molar-refractivity contribution in [2.75, 3.05) is 14.1 Å². The molecule has 20 heavy (non-hydrogen) atoms. The molecule has 0 atom stereocenters. The Kier molecular flexibility index (Phi) is 1.34. The lowest BCUT2D eigenvalue weighted by Gasteiger charge is -2.83. The zero-order valence-corrected chi connectivity index (χ0v) is 10.3. The van der Waals surface area contributed by atoms with E-state index in [0.717, 1.165) is 0 Å². The zero-order valence-electron chi connectivity index (χ0n) is 10.3. The van der Waals surface area contributed by atoms with Gasteiger partial charge in [0.25, 0.3) is 0 Å². The maximum Gasteiger partial charge on any atom is 0.0239 e. The van der Waals surface area contributed by atoms with Gasteiger partial charge in [0, 0.05) is 14.1 Å². The third-order valence-electron chi connectivity index (χ3n) is 3.78. The summed E-state index contributed by atoms with van der Waals surface area (Å²) in [5.41, 5.74) is 12.1. The minimum Gasteiger partial charge on any atom is -0.141 e. The van der Waals surface area contributed by atoms with Crippen LogP contribution in [-0.2, 0) is 0 Å². The maximum absolute atomic E-state index is 3.17. The monoisotopic (exact) mass is 286 g/mol. The number of fused-ring (bicyclic) bond motifs is 11. The molecule has 18 nitrogen and oxygen atoms in total. The quantitative estimate of drug-likeness (QED) is 0.368. The van der Waals surface area contributed by atoms with Crippen molar-refractivity contribution in [1.29, 1.82) is 0 Å². The van der Waals surface area contributed by atoms with Gasteiger partial charge < -0.3 is 0 Å². The van der Waals surface area contributed by atoms with E-state index >= 15 is 0 Å². The van der Waals surface area contributed by atoms with Gasteiger partial charge in [-0.15, -0.1) is 32.4 Å². The Morgan fingerprint density at radius 3 is 1.80 bits per heavy atom. The van der Waals surface area contributed by atoms with Gasteiger partial charge in [-0.2, -0.15) is 0 Å². The Morgan fingerprint density at radius 2 is 1.05 bits per heavy atom. The number of rotatable bonds is 1. The molecule has 0 unspecified atom stereocenters. The van der Waals surface area contributed by atoms with Gasteiger partial charge in [0.05, 0.1) is 0 Å². The average Bonchev–Trinajstić information content (AvgIpc) is 2.38. The Labute approximate surface area is 110 Å². The number of nitrogens with one attached hydrogen (secondary N) is 4. The molecule has 0 aliphatic carbocycles. The molecule has 0 aromatic rings. The summed E-state index contributed by atoms with van der Waals surface area (Å²) in [6.45, 7) is 0. The van der Waals surface area contributed by atoms with E-state index in [4.69, 9.17) is 0 Å². The van der Waals surface area contributed by atoms with Gasteiger partial charge in [0.1, 0.15) is 0 Å². The maximum atomic E-state index is 3.17. The number of hydrogen-bond acceptors (Lipinski definition) is 18. The van der Waals surface area contributed by atoms with Gasteiger partial charge >= 0.3 is 0 Å². The third-order valence-corrected chi connectivity index (χ3v) is 3.78. The summed E-state index contributed by atoms with van der Waals surface area (Å²) in [7, 11) is 3.86. The Balaban J connectivity index is 1.13. The van der Waals surface area contributed by atoms with Gasteiger partial charge in [0.15, 0.2) is 0 Å². The molecule has 0 saturated carbocycles. The smallest absolute Gasteiger partial charge is 0.0239 e. The molecule has 7 aliphatic rings. The SMILES string of the molecule is CN1NN2N1N1N3NN(N4N(C)N5N6NNN6N54)N3N21. The van der Waals surface area contributed by atoms with Crippen molar-refractivity contribution >= 4 is 0 Å². The molecule has 4 N–H and O–H groups in total. The Bertz CT molecular complexity index is 518. The van der Waals surface area contributed by atoms with Crippen molar-refractivity contribution in [3.63, 3.8) is 0 Å². The highest BCUT2D eigenvalue weighted by Gasteiger charge is 2.79. The summed E-state index contributed by atoms with van der Waals surface area (Å²) in [6.07, 6.45) is 0. The summed E-state index contributed by atoms with van der Waals surface area (Å²) in [5, 5.41) is 26.1. The van der Waals surface area contributed by atoms with Crippen LogP contribution in [0.2, 0.25) is 0 Å². The molecule has 0 spiro atoms. The lowest BCUT2D eigenvalue weighted by Crippen LogP contribution is -3.16. The number of nitrogens with zero attached hydrogens (tertiary/aromatic N) is 14. The molecule has 0 bridgehead atoms. The molecule has 7 aliphatic heterocycles.